The fourth-order valence-corrected chi connectivity index (χ4v) is 5.22. The third-order valence-corrected chi connectivity index (χ3v) is 7.81. The zero-order chi connectivity index (χ0) is 30.6. The highest BCUT2D eigenvalue weighted by Gasteiger charge is 2.63. The molecule has 236 valence electrons. The molecule has 1 aliphatic rings. The highest BCUT2D eigenvalue weighted by atomic mass is 19.1. The second-order valence-electron chi connectivity index (χ2n) is 11.0. The fraction of sp³-hybridized carbons (Fsp3) is 0.636. The molecule has 0 bridgehead atoms. The molecule has 0 radical (unpaired) electrons. The van der Waals surface area contributed by atoms with Gasteiger partial charge in [0.2, 0.25) is 5.79 Å². The molecule has 9 heteroatoms. The lowest BCUT2D eigenvalue weighted by molar-refractivity contribution is -0.408. The van der Waals surface area contributed by atoms with Gasteiger partial charge in [-0.1, -0.05) is 58.2 Å². The summed E-state index contributed by atoms with van der Waals surface area (Å²) in [5.41, 5.74) is -0.292. The van der Waals surface area contributed by atoms with Gasteiger partial charge < -0.3 is 39.0 Å². The molecular formula is C33H49FO8. The molecule has 3 rings (SSSR count). The van der Waals surface area contributed by atoms with E-state index in [0.717, 1.165) is 44.1 Å². The van der Waals surface area contributed by atoms with E-state index in [1.54, 1.807) is 25.3 Å². The number of hydrogen-bond donors (Lipinski definition) is 3. The first kappa shape index (κ1) is 34.4. The Balaban J connectivity index is 2.10. The number of benzene rings is 2. The van der Waals surface area contributed by atoms with Crippen molar-refractivity contribution < 1.29 is 43.4 Å². The molecule has 0 amide bonds. The average molecular weight is 593 g/mol. The second kappa shape index (κ2) is 16.7. The average Bonchev–Trinajstić information content (AvgIpc) is 3.00. The molecule has 0 aliphatic carbocycles. The number of hydrogen-bond acceptors (Lipinski definition) is 8. The van der Waals surface area contributed by atoms with Crippen LogP contribution in [0.3, 0.4) is 0 Å². The second-order valence-corrected chi connectivity index (χ2v) is 11.0. The van der Waals surface area contributed by atoms with Crippen LogP contribution in [0, 0.1) is 5.82 Å². The van der Waals surface area contributed by atoms with Crippen molar-refractivity contribution >= 4 is 0 Å². The quantitative estimate of drug-likeness (QED) is 0.210. The van der Waals surface area contributed by atoms with E-state index < -0.39 is 48.7 Å². The van der Waals surface area contributed by atoms with Gasteiger partial charge in [0.25, 0.3) is 0 Å². The molecule has 2 aromatic rings. The van der Waals surface area contributed by atoms with Gasteiger partial charge in [-0.15, -0.1) is 0 Å². The summed E-state index contributed by atoms with van der Waals surface area (Å²) >= 11 is 0. The summed E-state index contributed by atoms with van der Waals surface area (Å²) in [5.74, 6) is -1.94. The lowest BCUT2D eigenvalue weighted by Crippen LogP contribution is -2.72. The Labute approximate surface area is 249 Å². The number of ether oxygens (including phenoxy) is 5. The van der Waals surface area contributed by atoms with Gasteiger partial charge in [0, 0.05) is 31.8 Å². The first-order valence-corrected chi connectivity index (χ1v) is 15.2. The first-order chi connectivity index (χ1) is 20.3. The molecule has 0 saturated carbocycles. The predicted octanol–water partition coefficient (Wildman–Crippen LogP) is 4.88. The molecule has 0 spiro atoms. The molecule has 42 heavy (non-hydrogen) atoms. The van der Waals surface area contributed by atoms with Crippen molar-refractivity contribution in [1.82, 2.24) is 0 Å². The molecule has 3 N–H and O–H groups in total. The molecule has 8 nitrogen and oxygen atoms in total. The number of aliphatic hydroxyl groups excluding tert-OH is 2. The third kappa shape index (κ3) is 8.08. The summed E-state index contributed by atoms with van der Waals surface area (Å²) in [7, 11) is 1.58. The Morgan fingerprint density at radius 1 is 0.810 bits per heavy atom. The highest BCUT2D eigenvalue weighted by Crippen LogP contribution is 2.45. The largest absolute Gasteiger partial charge is 0.497 e. The molecule has 2 aromatic carbocycles. The predicted molar refractivity (Wildman–Crippen MR) is 158 cm³/mol. The smallest absolute Gasteiger partial charge is 0.223 e. The number of methoxy groups -OCH3 is 1. The Morgan fingerprint density at radius 3 is 1.93 bits per heavy atom. The van der Waals surface area contributed by atoms with E-state index in [4.69, 9.17) is 23.7 Å². The van der Waals surface area contributed by atoms with Crippen molar-refractivity contribution in [3.63, 3.8) is 0 Å². The zero-order valence-corrected chi connectivity index (χ0v) is 25.5. The van der Waals surface area contributed by atoms with Crippen LogP contribution < -0.4 is 4.74 Å². The van der Waals surface area contributed by atoms with E-state index in [2.05, 4.69) is 0 Å². The number of halogens is 1. The first-order valence-electron chi connectivity index (χ1n) is 15.2. The normalized spacial score (nSPS) is 23.7. The Morgan fingerprint density at radius 2 is 1.38 bits per heavy atom. The van der Waals surface area contributed by atoms with E-state index >= 15 is 4.39 Å². The lowest BCUT2D eigenvalue weighted by atomic mass is 9.80. The molecule has 4 atom stereocenters. The summed E-state index contributed by atoms with van der Waals surface area (Å²) in [5, 5.41) is 33.7. The van der Waals surface area contributed by atoms with Gasteiger partial charge in [-0.2, -0.15) is 0 Å². The Hall–Kier alpha value is -2.11. The minimum Gasteiger partial charge on any atom is -0.497 e. The van der Waals surface area contributed by atoms with Crippen LogP contribution in [0.4, 0.5) is 4.39 Å². The minimum absolute atomic E-state index is 0.233. The van der Waals surface area contributed by atoms with Gasteiger partial charge in [-0.05, 0) is 54.7 Å². The van der Waals surface area contributed by atoms with E-state index in [1.807, 2.05) is 32.9 Å². The third-order valence-electron chi connectivity index (χ3n) is 7.81. The van der Waals surface area contributed by atoms with E-state index in [9.17, 15) is 15.3 Å². The van der Waals surface area contributed by atoms with Crippen molar-refractivity contribution in [3.8, 4) is 5.75 Å². The van der Waals surface area contributed by atoms with Crippen molar-refractivity contribution in [2.24, 2.45) is 0 Å². The molecule has 1 heterocycles. The number of rotatable bonds is 18. The Bertz CT molecular complexity index is 1060. The molecular weight excluding hydrogens is 543 g/mol. The fourth-order valence-electron chi connectivity index (χ4n) is 5.22. The van der Waals surface area contributed by atoms with Gasteiger partial charge in [0.1, 0.15) is 35.5 Å². The molecule has 0 aromatic heterocycles. The van der Waals surface area contributed by atoms with Crippen molar-refractivity contribution in [3.05, 3.63) is 65.0 Å². The summed E-state index contributed by atoms with van der Waals surface area (Å²) < 4.78 is 45.6. The summed E-state index contributed by atoms with van der Waals surface area (Å²) in [6.07, 6.45) is 2.22. The van der Waals surface area contributed by atoms with Crippen LogP contribution in [0.1, 0.15) is 76.0 Å². The van der Waals surface area contributed by atoms with Crippen LogP contribution >= 0.6 is 0 Å². The molecule has 1 fully saturated rings. The van der Waals surface area contributed by atoms with Crippen LogP contribution in [-0.2, 0) is 31.2 Å². The maximum atomic E-state index is 15.1. The van der Waals surface area contributed by atoms with Crippen molar-refractivity contribution in [2.75, 3.05) is 40.1 Å². The van der Waals surface area contributed by atoms with Gasteiger partial charge in [0.15, 0.2) is 0 Å². The van der Waals surface area contributed by atoms with Gasteiger partial charge >= 0.3 is 0 Å². The Kier molecular flexibility index (Phi) is 13.6. The maximum Gasteiger partial charge on any atom is 0.223 e. The SMILES string of the molecule is CCCCOC1[C@@H](OCCCC)[C@H](OCCCC)C(CO)(CO)OC1(O)c1ccc(F)c(Cc2ccc(OC)cc2)c1. The van der Waals surface area contributed by atoms with Crippen molar-refractivity contribution in [2.45, 2.75) is 95.4 Å². The lowest BCUT2D eigenvalue weighted by Gasteiger charge is -2.55. The summed E-state index contributed by atoms with van der Waals surface area (Å²) in [4.78, 5) is 0. The number of unbranched alkanes of at least 4 members (excludes halogenated alkanes) is 3. The van der Waals surface area contributed by atoms with Gasteiger partial charge in [0.05, 0.1) is 20.3 Å². The van der Waals surface area contributed by atoms with Gasteiger partial charge in [-0.25, -0.2) is 4.39 Å². The van der Waals surface area contributed by atoms with E-state index in [0.29, 0.717) is 31.1 Å². The van der Waals surface area contributed by atoms with Crippen LogP contribution in [0.25, 0.3) is 0 Å². The molecule has 1 aliphatic heterocycles. The minimum atomic E-state index is -2.19. The zero-order valence-electron chi connectivity index (χ0n) is 25.5. The van der Waals surface area contributed by atoms with Crippen LogP contribution in [0.2, 0.25) is 0 Å². The molecule has 2 unspecified atom stereocenters. The highest BCUT2D eigenvalue weighted by molar-refractivity contribution is 5.36. The van der Waals surface area contributed by atoms with E-state index in [1.165, 1.54) is 12.1 Å². The van der Waals surface area contributed by atoms with Crippen molar-refractivity contribution in [1.29, 1.82) is 0 Å². The van der Waals surface area contributed by atoms with Crippen LogP contribution in [-0.4, -0.2) is 79.4 Å². The molecule has 1 saturated heterocycles. The van der Waals surface area contributed by atoms with Crippen LogP contribution in [0.15, 0.2) is 42.5 Å². The topological polar surface area (TPSA) is 107 Å². The van der Waals surface area contributed by atoms with Gasteiger partial charge in [-0.3, -0.25) is 0 Å². The summed E-state index contributed by atoms with van der Waals surface area (Å²) in [6, 6.07) is 11.6. The maximum absolute atomic E-state index is 15.1. The summed E-state index contributed by atoms with van der Waals surface area (Å²) in [6.45, 7) is 5.85. The number of aliphatic hydroxyl groups is 3. The van der Waals surface area contributed by atoms with Crippen LogP contribution in [0.5, 0.6) is 5.75 Å². The monoisotopic (exact) mass is 592 g/mol. The van der Waals surface area contributed by atoms with E-state index in [-0.39, 0.29) is 12.0 Å². The standard InChI is InChI=1S/C33H49FO8/c1-5-8-17-39-29-30(40-18-9-6-2)32(22-35,23-36)42-33(37,31(29)41-19-10-7-3)26-13-16-28(34)25(21-26)20-24-11-14-27(38-4)15-12-24/h11-16,21,29-31,35-37H,5-10,17-20,22-23H2,1-4H3/t29-,30-,31?,33?/m0/s1.